The molecule has 0 saturated carbocycles. The number of benzene rings is 1. The Morgan fingerprint density at radius 1 is 1.39 bits per heavy atom. The van der Waals surface area contributed by atoms with Gasteiger partial charge in [-0.05, 0) is 18.2 Å². The standard InChI is InChI=1S/C15H14ClFN4O2/c1-23-15(22)10-7-11(17)14-12(8-10)21(13(9-16)19-14)6-5-20-4-2-3-18-20/h2-4,7-8H,5-6,9H2,1H3. The van der Waals surface area contributed by atoms with E-state index in [-0.39, 0.29) is 17.0 Å². The zero-order chi connectivity index (χ0) is 16.4. The summed E-state index contributed by atoms with van der Waals surface area (Å²) in [5.41, 5.74) is 0.834. The van der Waals surface area contributed by atoms with Crippen LogP contribution < -0.4 is 0 Å². The number of nitrogens with zero attached hydrogens (tertiary/aromatic N) is 4. The Kier molecular flexibility index (Phi) is 4.29. The lowest BCUT2D eigenvalue weighted by Gasteiger charge is -2.08. The number of hydrogen-bond donors (Lipinski definition) is 0. The SMILES string of the molecule is COC(=O)c1cc(F)c2nc(CCl)n(CCn3cccn3)c2c1. The second kappa shape index (κ2) is 6.37. The van der Waals surface area contributed by atoms with Crippen LogP contribution >= 0.6 is 11.6 Å². The van der Waals surface area contributed by atoms with Crippen molar-refractivity contribution in [3.05, 3.63) is 47.8 Å². The Labute approximate surface area is 136 Å². The van der Waals surface area contributed by atoms with Crippen LogP contribution in [0.25, 0.3) is 11.0 Å². The van der Waals surface area contributed by atoms with E-state index in [9.17, 15) is 9.18 Å². The lowest BCUT2D eigenvalue weighted by Crippen LogP contribution is -2.10. The largest absolute Gasteiger partial charge is 0.465 e. The number of methoxy groups -OCH3 is 1. The van der Waals surface area contributed by atoms with Crippen LogP contribution in [0.3, 0.4) is 0 Å². The number of aryl methyl sites for hydroxylation is 2. The van der Waals surface area contributed by atoms with Crippen LogP contribution in [0, 0.1) is 5.82 Å². The number of rotatable bonds is 5. The highest BCUT2D eigenvalue weighted by atomic mass is 35.5. The summed E-state index contributed by atoms with van der Waals surface area (Å²) >= 11 is 5.93. The number of carbonyl (C=O) groups is 1. The fraction of sp³-hybridized carbons (Fsp3) is 0.267. The first-order valence-electron chi connectivity index (χ1n) is 6.94. The van der Waals surface area contributed by atoms with E-state index in [1.54, 1.807) is 21.5 Å². The highest BCUT2D eigenvalue weighted by Gasteiger charge is 2.17. The number of halogens is 2. The fourth-order valence-electron chi connectivity index (χ4n) is 2.45. The summed E-state index contributed by atoms with van der Waals surface area (Å²) < 4.78 is 22.4. The molecule has 0 unspecified atom stereocenters. The summed E-state index contributed by atoms with van der Waals surface area (Å²) in [5, 5.41) is 4.13. The molecule has 2 aromatic heterocycles. The van der Waals surface area contributed by atoms with Gasteiger partial charge in [0.15, 0.2) is 5.82 Å². The lowest BCUT2D eigenvalue weighted by molar-refractivity contribution is 0.0600. The number of imidazole rings is 1. The van der Waals surface area contributed by atoms with Crippen LogP contribution in [0.15, 0.2) is 30.6 Å². The summed E-state index contributed by atoms with van der Waals surface area (Å²) in [7, 11) is 1.25. The maximum absolute atomic E-state index is 14.2. The van der Waals surface area contributed by atoms with Gasteiger partial charge in [-0.15, -0.1) is 11.6 Å². The molecule has 3 aromatic rings. The number of esters is 1. The molecule has 120 valence electrons. The van der Waals surface area contributed by atoms with Gasteiger partial charge in [0.05, 0.1) is 30.6 Å². The molecule has 0 spiro atoms. The van der Waals surface area contributed by atoms with Gasteiger partial charge in [-0.1, -0.05) is 0 Å². The molecule has 3 rings (SSSR count). The van der Waals surface area contributed by atoms with Crippen molar-refractivity contribution in [3.63, 3.8) is 0 Å². The third kappa shape index (κ3) is 2.92. The van der Waals surface area contributed by atoms with Gasteiger partial charge in [-0.2, -0.15) is 5.10 Å². The third-order valence-electron chi connectivity index (χ3n) is 3.54. The summed E-state index contributed by atoms with van der Waals surface area (Å²) in [4.78, 5) is 15.9. The van der Waals surface area contributed by atoms with E-state index in [2.05, 4.69) is 14.8 Å². The minimum Gasteiger partial charge on any atom is -0.465 e. The van der Waals surface area contributed by atoms with Crippen molar-refractivity contribution in [3.8, 4) is 0 Å². The molecule has 0 saturated heterocycles. The van der Waals surface area contributed by atoms with Crippen LogP contribution in [0.5, 0.6) is 0 Å². The smallest absolute Gasteiger partial charge is 0.338 e. The van der Waals surface area contributed by atoms with Crippen LogP contribution in [0.2, 0.25) is 0 Å². The number of aromatic nitrogens is 4. The van der Waals surface area contributed by atoms with E-state index >= 15 is 0 Å². The highest BCUT2D eigenvalue weighted by molar-refractivity contribution is 6.16. The van der Waals surface area contributed by atoms with E-state index in [1.165, 1.54) is 7.11 Å². The number of carbonyl (C=O) groups excluding carboxylic acids is 1. The summed E-state index contributed by atoms with van der Waals surface area (Å²) in [6.45, 7) is 1.08. The Balaban J connectivity index is 2.06. The van der Waals surface area contributed by atoms with E-state index in [1.807, 2.05) is 12.3 Å². The number of hydrogen-bond acceptors (Lipinski definition) is 4. The van der Waals surface area contributed by atoms with E-state index in [4.69, 9.17) is 11.6 Å². The molecular weight excluding hydrogens is 323 g/mol. The zero-order valence-electron chi connectivity index (χ0n) is 12.4. The Morgan fingerprint density at radius 3 is 2.87 bits per heavy atom. The molecule has 0 bridgehead atoms. The first kappa shape index (κ1) is 15.5. The van der Waals surface area contributed by atoms with Crippen molar-refractivity contribution in [2.24, 2.45) is 0 Å². The van der Waals surface area contributed by atoms with Crippen molar-refractivity contribution < 1.29 is 13.9 Å². The van der Waals surface area contributed by atoms with Crippen LogP contribution in [-0.4, -0.2) is 32.4 Å². The molecule has 0 aliphatic rings. The van der Waals surface area contributed by atoms with Crippen LogP contribution in [0.4, 0.5) is 4.39 Å². The first-order valence-corrected chi connectivity index (χ1v) is 7.48. The van der Waals surface area contributed by atoms with E-state index < -0.39 is 11.8 Å². The highest BCUT2D eigenvalue weighted by Crippen LogP contribution is 2.23. The second-order valence-electron chi connectivity index (χ2n) is 4.90. The molecule has 0 radical (unpaired) electrons. The molecule has 0 aliphatic carbocycles. The van der Waals surface area contributed by atoms with Crippen LogP contribution in [0.1, 0.15) is 16.2 Å². The van der Waals surface area contributed by atoms with Gasteiger partial charge in [-0.3, -0.25) is 4.68 Å². The predicted molar refractivity (Wildman–Crippen MR) is 82.8 cm³/mol. The summed E-state index contributed by atoms with van der Waals surface area (Å²) in [5.74, 6) is -0.499. The van der Waals surface area contributed by atoms with Gasteiger partial charge >= 0.3 is 5.97 Å². The van der Waals surface area contributed by atoms with Gasteiger partial charge in [0.25, 0.3) is 0 Å². The molecule has 0 aliphatic heterocycles. The van der Waals surface area contributed by atoms with Crippen molar-refractivity contribution in [2.75, 3.05) is 7.11 Å². The lowest BCUT2D eigenvalue weighted by atomic mass is 10.2. The predicted octanol–water partition coefficient (Wildman–Crippen LogP) is 2.60. The Hall–Kier alpha value is -2.41. The molecule has 2 heterocycles. The zero-order valence-corrected chi connectivity index (χ0v) is 13.1. The molecule has 0 fully saturated rings. The van der Waals surface area contributed by atoms with Gasteiger partial charge in [0, 0.05) is 18.9 Å². The normalized spacial score (nSPS) is 11.1. The monoisotopic (exact) mass is 336 g/mol. The molecule has 6 nitrogen and oxygen atoms in total. The van der Waals surface area contributed by atoms with Crippen LogP contribution in [-0.2, 0) is 23.7 Å². The number of alkyl halides is 1. The molecular formula is C15H14ClFN4O2. The molecule has 8 heteroatoms. The maximum Gasteiger partial charge on any atom is 0.338 e. The maximum atomic E-state index is 14.2. The number of ether oxygens (including phenoxy) is 1. The number of fused-ring (bicyclic) bond motifs is 1. The average Bonchev–Trinajstić information content (AvgIpc) is 3.19. The van der Waals surface area contributed by atoms with Crippen molar-refractivity contribution >= 4 is 28.6 Å². The van der Waals surface area contributed by atoms with Crippen molar-refractivity contribution in [1.82, 2.24) is 19.3 Å². The molecule has 0 amide bonds. The minimum atomic E-state index is -0.599. The molecule has 0 N–H and O–H groups in total. The van der Waals surface area contributed by atoms with Gasteiger partial charge in [-0.25, -0.2) is 14.2 Å². The molecule has 23 heavy (non-hydrogen) atoms. The van der Waals surface area contributed by atoms with Gasteiger partial charge in [0.2, 0.25) is 0 Å². The molecule has 0 atom stereocenters. The van der Waals surface area contributed by atoms with Gasteiger partial charge in [0.1, 0.15) is 11.3 Å². The quantitative estimate of drug-likeness (QED) is 0.531. The van der Waals surface area contributed by atoms with Crippen molar-refractivity contribution in [1.29, 1.82) is 0 Å². The topological polar surface area (TPSA) is 61.9 Å². The summed E-state index contributed by atoms with van der Waals surface area (Å²) in [6.07, 6.45) is 3.52. The average molecular weight is 337 g/mol. The minimum absolute atomic E-state index is 0.138. The fourth-order valence-corrected chi connectivity index (χ4v) is 2.66. The Bertz CT molecular complexity index is 845. The first-order chi connectivity index (χ1) is 11.1. The third-order valence-corrected chi connectivity index (χ3v) is 3.78. The van der Waals surface area contributed by atoms with E-state index in [0.717, 1.165) is 6.07 Å². The van der Waals surface area contributed by atoms with Crippen molar-refractivity contribution in [2.45, 2.75) is 19.0 Å². The second-order valence-corrected chi connectivity index (χ2v) is 5.17. The van der Waals surface area contributed by atoms with E-state index in [0.29, 0.717) is 24.4 Å². The summed E-state index contributed by atoms with van der Waals surface area (Å²) in [6, 6.07) is 4.51. The molecule has 1 aromatic carbocycles. The van der Waals surface area contributed by atoms with Gasteiger partial charge < -0.3 is 9.30 Å². The Morgan fingerprint density at radius 2 is 2.22 bits per heavy atom.